The van der Waals surface area contributed by atoms with Gasteiger partial charge in [-0.3, -0.25) is 0 Å². The molecule has 25 heavy (non-hydrogen) atoms. The van der Waals surface area contributed by atoms with E-state index in [1.807, 2.05) is 0 Å². The van der Waals surface area contributed by atoms with Crippen molar-refractivity contribution >= 4 is 11.9 Å². The summed E-state index contributed by atoms with van der Waals surface area (Å²) in [4.78, 5) is 21.1. The maximum Gasteiger partial charge on any atom is 1.00 e. The molecule has 0 saturated heterocycles. The van der Waals surface area contributed by atoms with Gasteiger partial charge in [0.05, 0.1) is 0 Å². The fourth-order valence-corrected chi connectivity index (χ4v) is 2.69. The molecule has 136 valence electrons. The first-order chi connectivity index (χ1) is 11.1. The summed E-state index contributed by atoms with van der Waals surface area (Å²) in [5.74, 6) is -2.29. The van der Waals surface area contributed by atoms with E-state index < -0.39 is 11.9 Å². The topological polar surface area (TPSA) is 92.3 Å². The van der Waals surface area contributed by atoms with Crippen molar-refractivity contribution in [3.63, 3.8) is 0 Å². The van der Waals surface area contributed by atoms with Crippen molar-refractivity contribution in [3.8, 4) is 0 Å². The van der Waals surface area contributed by atoms with E-state index in [1.54, 1.807) is 0 Å². The molecule has 7 heteroatoms. The Morgan fingerprint density at radius 2 is 1.28 bits per heavy atom. The van der Waals surface area contributed by atoms with E-state index in [0.717, 1.165) is 19.4 Å². The zero-order chi connectivity index (χ0) is 17.3. The van der Waals surface area contributed by atoms with Crippen molar-refractivity contribution in [2.24, 2.45) is 0 Å². The van der Waals surface area contributed by atoms with Gasteiger partial charge in [0.1, 0.15) is 0 Å². The van der Waals surface area contributed by atoms with Crippen LogP contribution in [0.25, 0.3) is 0 Å². The number of hydrogen-bond donors (Lipinski definition) is 1. The summed E-state index contributed by atoms with van der Waals surface area (Å²) in [6.45, 7) is 2.95. The first-order valence-corrected chi connectivity index (χ1v) is 9.19. The molecule has 0 amide bonds. The van der Waals surface area contributed by atoms with Crippen LogP contribution in [-0.2, 0) is 9.59 Å². The molecule has 0 fully saturated rings. The molecule has 0 saturated carbocycles. The number of carboxylic acids is 2. The van der Waals surface area contributed by atoms with E-state index in [1.165, 1.54) is 51.4 Å². The summed E-state index contributed by atoms with van der Waals surface area (Å²) in [6.07, 6.45) is 12.5. The van der Waals surface area contributed by atoms with Crippen molar-refractivity contribution in [2.45, 2.75) is 96.4 Å². The third-order valence-corrected chi connectivity index (χ3v) is 4.07. The Labute approximate surface area is 197 Å². The summed E-state index contributed by atoms with van der Waals surface area (Å²) in [5, 5.41) is 24.2. The second-order valence-electron chi connectivity index (χ2n) is 6.32. The average Bonchev–Trinajstić information content (AvgIpc) is 2.49. The maximum atomic E-state index is 10.6. The van der Waals surface area contributed by atoms with Gasteiger partial charge in [0.25, 0.3) is 0 Å². The predicted molar refractivity (Wildman–Crippen MR) is 87.5 cm³/mol. The van der Waals surface area contributed by atoms with Crippen LogP contribution in [0.2, 0.25) is 0 Å². The Balaban J connectivity index is -0.00000242. The quantitative estimate of drug-likeness (QED) is 0.205. The Hall–Kier alpha value is 0.900. The third kappa shape index (κ3) is 24.9. The number of carbonyl (C=O) groups excluding carboxylic acids is 2. The van der Waals surface area contributed by atoms with Gasteiger partial charge in [0.15, 0.2) is 0 Å². The minimum Gasteiger partial charge on any atom is -0.550 e. The monoisotopic (exact) mass is 373 g/mol. The van der Waals surface area contributed by atoms with Crippen molar-refractivity contribution in [3.05, 3.63) is 0 Å². The van der Waals surface area contributed by atoms with Gasteiger partial charge in [0, 0.05) is 24.4 Å². The van der Waals surface area contributed by atoms with E-state index in [-0.39, 0.29) is 84.4 Å². The van der Waals surface area contributed by atoms with Gasteiger partial charge in [-0.2, -0.15) is 0 Å². The van der Waals surface area contributed by atoms with Crippen molar-refractivity contribution < 1.29 is 78.9 Å². The second-order valence-corrected chi connectivity index (χ2v) is 6.32. The zero-order valence-electron chi connectivity index (χ0n) is 16.6. The Morgan fingerprint density at radius 1 is 0.800 bits per heavy atom. The van der Waals surface area contributed by atoms with Gasteiger partial charge < -0.3 is 25.1 Å². The molecular formula is C18H33NNa2O4. The fraction of sp³-hybridized carbons (Fsp3) is 0.889. The van der Waals surface area contributed by atoms with E-state index in [9.17, 15) is 19.8 Å². The minimum absolute atomic E-state index is 0. The molecule has 0 rings (SSSR count). The molecule has 0 aromatic rings. The molecule has 0 spiro atoms. The summed E-state index contributed by atoms with van der Waals surface area (Å²) >= 11 is 0. The Morgan fingerprint density at radius 3 is 1.72 bits per heavy atom. The maximum absolute atomic E-state index is 10.6. The number of carboxylic acid groups (broad SMARTS) is 2. The molecule has 0 bridgehead atoms. The Kier molecular flexibility index (Phi) is 28.1. The van der Waals surface area contributed by atoms with Gasteiger partial charge >= 0.3 is 59.1 Å². The standard InChI is InChI=1S/C18H35NO4.2Na/c1-2-3-4-5-6-7-8-9-10-11-14-19-16(15-18(22)23)12-13-17(20)21;;/h16,19H,2-15H2,1H3,(H,20,21)(H,22,23);;/q;2*+1/p-2. The van der Waals surface area contributed by atoms with Crippen LogP contribution in [0.5, 0.6) is 0 Å². The number of nitrogens with one attached hydrogen (secondary N) is 1. The van der Waals surface area contributed by atoms with Crippen LogP contribution in [-0.4, -0.2) is 24.5 Å². The van der Waals surface area contributed by atoms with Crippen LogP contribution in [0.1, 0.15) is 90.4 Å². The number of unbranched alkanes of at least 4 members (excludes halogenated alkanes) is 9. The van der Waals surface area contributed by atoms with E-state index >= 15 is 0 Å². The minimum atomic E-state index is -1.15. The first kappa shape index (κ1) is 30.6. The van der Waals surface area contributed by atoms with Crippen LogP contribution < -0.4 is 74.6 Å². The molecule has 0 aliphatic rings. The van der Waals surface area contributed by atoms with E-state index in [4.69, 9.17) is 0 Å². The molecule has 1 unspecified atom stereocenters. The smallest absolute Gasteiger partial charge is 0.550 e. The SMILES string of the molecule is CCCCCCCCCCCCNC(CCC(=O)[O-])CC(=O)[O-].[Na+].[Na+]. The van der Waals surface area contributed by atoms with E-state index in [0.29, 0.717) is 0 Å². The summed E-state index contributed by atoms with van der Waals surface area (Å²) in [5.41, 5.74) is 0. The van der Waals surface area contributed by atoms with Crippen LogP contribution in [0, 0.1) is 0 Å². The number of aliphatic carboxylic acids is 2. The van der Waals surface area contributed by atoms with Crippen LogP contribution >= 0.6 is 0 Å². The second kappa shape index (κ2) is 22.9. The zero-order valence-corrected chi connectivity index (χ0v) is 20.6. The van der Waals surface area contributed by atoms with Gasteiger partial charge in [-0.15, -0.1) is 0 Å². The number of carbonyl (C=O) groups is 2. The molecule has 1 atom stereocenters. The molecule has 0 aromatic carbocycles. The molecule has 0 radical (unpaired) electrons. The first-order valence-electron chi connectivity index (χ1n) is 9.19. The molecule has 0 aliphatic heterocycles. The van der Waals surface area contributed by atoms with Crippen molar-refractivity contribution in [1.29, 1.82) is 0 Å². The average molecular weight is 373 g/mol. The van der Waals surface area contributed by atoms with Crippen LogP contribution in [0.15, 0.2) is 0 Å². The Bertz CT molecular complexity index is 317. The molecule has 0 heterocycles. The van der Waals surface area contributed by atoms with E-state index in [2.05, 4.69) is 12.2 Å². The van der Waals surface area contributed by atoms with Gasteiger partial charge in [-0.25, -0.2) is 0 Å². The predicted octanol–water partition coefficient (Wildman–Crippen LogP) is -4.46. The molecular weight excluding hydrogens is 340 g/mol. The molecule has 5 nitrogen and oxygen atoms in total. The number of rotatable bonds is 17. The molecule has 0 aromatic heterocycles. The largest absolute Gasteiger partial charge is 1.00 e. The van der Waals surface area contributed by atoms with Crippen molar-refractivity contribution in [1.82, 2.24) is 5.32 Å². The summed E-state index contributed by atoms with van der Waals surface area (Å²) < 4.78 is 0. The van der Waals surface area contributed by atoms with Gasteiger partial charge in [-0.05, 0) is 25.8 Å². The third-order valence-electron chi connectivity index (χ3n) is 4.07. The normalized spacial score (nSPS) is 11.2. The summed E-state index contributed by atoms with van der Waals surface area (Å²) in [7, 11) is 0. The van der Waals surface area contributed by atoms with Gasteiger partial charge in [-0.1, -0.05) is 64.7 Å². The van der Waals surface area contributed by atoms with Crippen LogP contribution in [0.3, 0.4) is 0 Å². The summed E-state index contributed by atoms with van der Waals surface area (Å²) in [6, 6.07) is -0.337. The molecule has 0 aliphatic carbocycles. The molecule has 1 N–H and O–H groups in total. The van der Waals surface area contributed by atoms with Gasteiger partial charge in [0.2, 0.25) is 0 Å². The number of hydrogen-bond acceptors (Lipinski definition) is 5. The fourth-order valence-electron chi connectivity index (χ4n) is 2.69. The van der Waals surface area contributed by atoms with Crippen LogP contribution in [0.4, 0.5) is 0 Å². The van der Waals surface area contributed by atoms with Crippen molar-refractivity contribution in [2.75, 3.05) is 6.54 Å².